The molecule has 1 N–H and O–H groups in total. The van der Waals surface area contributed by atoms with Crippen LogP contribution >= 0.6 is 0 Å². The quantitative estimate of drug-likeness (QED) is 0.892. The van der Waals surface area contributed by atoms with Crippen LogP contribution in [0.25, 0.3) is 10.9 Å². The predicted molar refractivity (Wildman–Crippen MR) is 89.2 cm³/mol. The molecule has 0 bridgehead atoms. The molecule has 3 unspecified atom stereocenters. The summed E-state index contributed by atoms with van der Waals surface area (Å²) in [5.41, 5.74) is 2.49. The fourth-order valence-electron chi connectivity index (χ4n) is 4.24. The van der Waals surface area contributed by atoms with Crippen molar-refractivity contribution in [2.24, 2.45) is 17.8 Å². The van der Waals surface area contributed by atoms with Crippen molar-refractivity contribution in [3.8, 4) is 0 Å². The SMILES string of the molecule is CNC(c1ccc2ncccc2c1)C1CC(C)CC(C)C1. The molecule has 1 aromatic heterocycles. The minimum absolute atomic E-state index is 0.458. The predicted octanol–water partition coefficient (Wildman–Crippen LogP) is 4.57. The van der Waals surface area contributed by atoms with E-state index >= 15 is 0 Å². The fourth-order valence-corrected chi connectivity index (χ4v) is 4.24. The van der Waals surface area contributed by atoms with Crippen molar-refractivity contribution < 1.29 is 0 Å². The van der Waals surface area contributed by atoms with Crippen LogP contribution in [0.3, 0.4) is 0 Å². The van der Waals surface area contributed by atoms with E-state index in [1.54, 1.807) is 0 Å². The Kier molecular flexibility index (Phi) is 4.25. The van der Waals surface area contributed by atoms with Gasteiger partial charge in [-0.1, -0.05) is 26.0 Å². The molecule has 3 rings (SSSR count). The molecule has 0 spiro atoms. The second-order valence-electron chi connectivity index (χ2n) is 6.90. The Hall–Kier alpha value is -1.41. The molecule has 1 saturated carbocycles. The molecule has 1 aliphatic rings. The molecule has 0 radical (unpaired) electrons. The second kappa shape index (κ2) is 6.15. The number of nitrogens with zero attached hydrogens (tertiary/aromatic N) is 1. The van der Waals surface area contributed by atoms with Crippen molar-refractivity contribution in [2.75, 3.05) is 7.05 Å². The molecule has 1 heterocycles. The smallest absolute Gasteiger partial charge is 0.0702 e. The zero-order valence-electron chi connectivity index (χ0n) is 13.3. The Balaban J connectivity index is 1.90. The Morgan fingerprint density at radius 3 is 2.57 bits per heavy atom. The first-order chi connectivity index (χ1) is 10.2. The lowest BCUT2D eigenvalue weighted by atomic mass is 9.72. The van der Waals surface area contributed by atoms with Gasteiger partial charge >= 0.3 is 0 Å². The molecule has 0 saturated heterocycles. The van der Waals surface area contributed by atoms with Crippen LogP contribution in [0.2, 0.25) is 0 Å². The molecule has 2 heteroatoms. The van der Waals surface area contributed by atoms with Crippen LogP contribution < -0.4 is 5.32 Å². The summed E-state index contributed by atoms with van der Waals surface area (Å²) in [6, 6.07) is 11.4. The molecule has 3 atom stereocenters. The number of rotatable bonds is 3. The molecular weight excluding hydrogens is 256 g/mol. The van der Waals surface area contributed by atoms with E-state index in [4.69, 9.17) is 0 Å². The number of benzene rings is 1. The van der Waals surface area contributed by atoms with Gasteiger partial charge in [0.2, 0.25) is 0 Å². The normalized spacial score (nSPS) is 27.7. The highest BCUT2D eigenvalue weighted by molar-refractivity contribution is 5.79. The minimum atomic E-state index is 0.458. The highest BCUT2D eigenvalue weighted by Gasteiger charge is 2.30. The van der Waals surface area contributed by atoms with E-state index in [2.05, 4.69) is 55.5 Å². The summed E-state index contributed by atoms with van der Waals surface area (Å²) >= 11 is 0. The van der Waals surface area contributed by atoms with Crippen molar-refractivity contribution in [3.05, 3.63) is 42.1 Å². The fraction of sp³-hybridized carbons (Fsp3) is 0.526. The zero-order chi connectivity index (χ0) is 14.8. The van der Waals surface area contributed by atoms with Gasteiger partial charge in [-0.25, -0.2) is 0 Å². The lowest BCUT2D eigenvalue weighted by molar-refractivity contribution is 0.180. The van der Waals surface area contributed by atoms with Crippen LogP contribution in [0.4, 0.5) is 0 Å². The van der Waals surface area contributed by atoms with Crippen molar-refractivity contribution in [3.63, 3.8) is 0 Å². The highest BCUT2D eigenvalue weighted by atomic mass is 14.9. The van der Waals surface area contributed by atoms with Gasteiger partial charge < -0.3 is 5.32 Å². The number of pyridine rings is 1. The van der Waals surface area contributed by atoms with E-state index in [0.29, 0.717) is 6.04 Å². The third-order valence-electron chi connectivity index (χ3n) is 4.98. The summed E-state index contributed by atoms with van der Waals surface area (Å²) in [4.78, 5) is 4.42. The average Bonchev–Trinajstić information content (AvgIpc) is 2.47. The van der Waals surface area contributed by atoms with Gasteiger partial charge in [-0.05, 0) is 67.8 Å². The van der Waals surface area contributed by atoms with Crippen molar-refractivity contribution in [1.29, 1.82) is 0 Å². The van der Waals surface area contributed by atoms with Gasteiger partial charge in [-0.2, -0.15) is 0 Å². The summed E-state index contributed by atoms with van der Waals surface area (Å²) in [5, 5.41) is 4.82. The van der Waals surface area contributed by atoms with Gasteiger partial charge in [0.15, 0.2) is 0 Å². The molecule has 2 aromatic rings. The third kappa shape index (κ3) is 3.11. The van der Waals surface area contributed by atoms with Crippen LogP contribution in [0.15, 0.2) is 36.5 Å². The summed E-state index contributed by atoms with van der Waals surface area (Å²) in [6.45, 7) is 4.80. The summed E-state index contributed by atoms with van der Waals surface area (Å²) < 4.78 is 0. The first kappa shape index (κ1) is 14.5. The zero-order valence-corrected chi connectivity index (χ0v) is 13.3. The molecular formula is C19H26N2. The molecule has 0 amide bonds. The Morgan fingerprint density at radius 1 is 1.10 bits per heavy atom. The topological polar surface area (TPSA) is 24.9 Å². The van der Waals surface area contributed by atoms with E-state index in [-0.39, 0.29) is 0 Å². The van der Waals surface area contributed by atoms with Crippen LogP contribution in [0.1, 0.15) is 44.7 Å². The molecule has 1 aliphatic carbocycles. The molecule has 0 aliphatic heterocycles. The van der Waals surface area contributed by atoms with Gasteiger partial charge in [0, 0.05) is 17.6 Å². The van der Waals surface area contributed by atoms with Crippen molar-refractivity contribution in [2.45, 2.75) is 39.2 Å². The van der Waals surface area contributed by atoms with Crippen LogP contribution in [0, 0.1) is 17.8 Å². The summed E-state index contributed by atoms with van der Waals surface area (Å²) in [5.74, 6) is 2.43. The maximum atomic E-state index is 4.42. The second-order valence-corrected chi connectivity index (χ2v) is 6.90. The van der Waals surface area contributed by atoms with E-state index in [9.17, 15) is 0 Å². The Labute approximate surface area is 128 Å². The maximum absolute atomic E-state index is 4.42. The van der Waals surface area contributed by atoms with Gasteiger partial charge in [0.05, 0.1) is 5.52 Å². The van der Waals surface area contributed by atoms with Crippen molar-refractivity contribution in [1.82, 2.24) is 10.3 Å². The average molecular weight is 282 g/mol. The van der Waals surface area contributed by atoms with E-state index in [0.717, 1.165) is 23.3 Å². The highest BCUT2D eigenvalue weighted by Crippen LogP contribution is 2.40. The third-order valence-corrected chi connectivity index (χ3v) is 4.98. The Morgan fingerprint density at radius 2 is 1.86 bits per heavy atom. The van der Waals surface area contributed by atoms with Gasteiger partial charge in [-0.15, -0.1) is 0 Å². The van der Waals surface area contributed by atoms with Crippen LogP contribution in [0.5, 0.6) is 0 Å². The standard InChI is InChI=1S/C19H26N2/c1-13-9-14(2)11-17(10-13)19(20-3)16-6-7-18-15(12-16)5-4-8-21-18/h4-8,12-14,17,19-20H,9-11H2,1-3H3. The maximum Gasteiger partial charge on any atom is 0.0702 e. The molecule has 1 fully saturated rings. The summed E-state index contributed by atoms with van der Waals surface area (Å²) in [6.07, 6.45) is 5.92. The first-order valence-corrected chi connectivity index (χ1v) is 8.19. The molecule has 21 heavy (non-hydrogen) atoms. The van der Waals surface area contributed by atoms with E-state index in [1.165, 1.54) is 30.2 Å². The number of aromatic nitrogens is 1. The number of hydrogen-bond acceptors (Lipinski definition) is 2. The summed E-state index contributed by atoms with van der Waals surface area (Å²) in [7, 11) is 2.10. The van der Waals surface area contributed by atoms with E-state index in [1.807, 2.05) is 12.3 Å². The minimum Gasteiger partial charge on any atom is -0.313 e. The Bertz CT molecular complexity index is 597. The largest absolute Gasteiger partial charge is 0.313 e. The van der Waals surface area contributed by atoms with Crippen molar-refractivity contribution >= 4 is 10.9 Å². The van der Waals surface area contributed by atoms with Crippen LogP contribution in [-0.4, -0.2) is 12.0 Å². The number of hydrogen-bond donors (Lipinski definition) is 1. The first-order valence-electron chi connectivity index (χ1n) is 8.19. The molecule has 1 aromatic carbocycles. The number of nitrogens with one attached hydrogen (secondary N) is 1. The van der Waals surface area contributed by atoms with Crippen LogP contribution in [-0.2, 0) is 0 Å². The lowest BCUT2D eigenvalue weighted by Crippen LogP contribution is -2.31. The van der Waals surface area contributed by atoms with Gasteiger partial charge in [-0.3, -0.25) is 4.98 Å². The van der Waals surface area contributed by atoms with Gasteiger partial charge in [0.25, 0.3) is 0 Å². The van der Waals surface area contributed by atoms with E-state index < -0.39 is 0 Å². The molecule has 2 nitrogen and oxygen atoms in total. The lowest BCUT2D eigenvalue weighted by Gasteiger charge is -2.36. The van der Waals surface area contributed by atoms with Gasteiger partial charge in [0.1, 0.15) is 0 Å². The monoisotopic (exact) mass is 282 g/mol. The molecule has 112 valence electrons. The number of fused-ring (bicyclic) bond motifs is 1.